The van der Waals surface area contributed by atoms with Gasteiger partial charge in [0.25, 0.3) is 5.91 Å². The van der Waals surface area contributed by atoms with Gasteiger partial charge in [0.15, 0.2) is 0 Å². The van der Waals surface area contributed by atoms with Crippen LogP contribution in [-0.4, -0.2) is 17.5 Å². The Labute approximate surface area is 151 Å². The lowest BCUT2D eigenvalue weighted by atomic mass is 10.2. The molecule has 1 N–H and O–H groups in total. The zero-order chi connectivity index (χ0) is 17.5. The largest absolute Gasteiger partial charge is 0.494 e. The minimum Gasteiger partial charge on any atom is -0.494 e. The van der Waals surface area contributed by atoms with Crippen molar-refractivity contribution >= 4 is 17.2 Å². The number of nitrogens with one attached hydrogen (secondary N) is 1. The van der Waals surface area contributed by atoms with Crippen LogP contribution in [0.4, 0.5) is 0 Å². The summed E-state index contributed by atoms with van der Waals surface area (Å²) in [6.45, 7) is 3.15. The number of carbonyl (C=O) groups is 1. The van der Waals surface area contributed by atoms with Crippen LogP contribution >= 0.6 is 11.3 Å². The number of carbonyl (C=O) groups excluding carboxylic acids is 1. The zero-order valence-corrected chi connectivity index (χ0v) is 14.9. The Bertz CT molecular complexity index is 813. The van der Waals surface area contributed by atoms with E-state index in [1.165, 1.54) is 0 Å². The van der Waals surface area contributed by atoms with Crippen molar-refractivity contribution in [3.63, 3.8) is 0 Å². The third-order valence-electron chi connectivity index (χ3n) is 3.59. The van der Waals surface area contributed by atoms with Gasteiger partial charge in [-0.3, -0.25) is 4.79 Å². The minimum absolute atomic E-state index is 0.115. The number of aromatic nitrogens is 1. The fraction of sp³-hybridized carbons (Fsp3) is 0.200. The Balaban J connectivity index is 1.56. The molecule has 0 radical (unpaired) electrons. The van der Waals surface area contributed by atoms with Crippen LogP contribution in [-0.2, 0) is 6.54 Å². The first-order valence-corrected chi connectivity index (χ1v) is 9.15. The van der Waals surface area contributed by atoms with E-state index in [1.54, 1.807) is 23.5 Å². The summed E-state index contributed by atoms with van der Waals surface area (Å²) in [4.78, 5) is 16.8. The van der Waals surface area contributed by atoms with E-state index in [1.807, 2.05) is 47.8 Å². The van der Waals surface area contributed by atoms with Gasteiger partial charge >= 0.3 is 0 Å². The fourth-order valence-corrected chi connectivity index (χ4v) is 3.12. The van der Waals surface area contributed by atoms with Gasteiger partial charge in [-0.05, 0) is 30.7 Å². The highest BCUT2D eigenvalue weighted by molar-refractivity contribution is 7.13. The molecule has 4 nitrogen and oxygen atoms in total. The lowest BCUT2D eigenvalue weighted by Gasteiger charge is -2.06. The molecule has 128 valence electrons. The molecule has 0 saturated heterocycles. The van der Waals surface area contributed by atoms with Crippen LogP contribution in [0.15, 0.2) is 60.0 Å². The number of nitrogens with zero attached hydrogens (tertiary/aromatic N) is 1. The second-order valence-corrected chi connectivity index (χ2v) is 6.42. The molecule has 0 unspecified atom stereocenters. The van der Waals surface area contributed by atoms with Crippen LogP contribution in [0.3, 0.4) is 0 Å². The second kappa shape index (κ2) is 8.44. The van der Waals surface area contributed by atoms with Crippen molar-refractivity contribution < 1.29 is 9.53 Å². The third-order valence-corrected chi connectivity index (χ3v) is 4.53. The van der Waals surface area contributed by atoms with E-state index in [9.17, 15) is 4.79 Å². The van der Waals surface area contributed by atoms with Crippen molar-refractivity contribution in [2.24, 2.45) is 0 Å². The second-order valence-electron chi connectivity index (χ2n) is 5.57. The molecule has 1 aromatic heterocycles. The maximum Gasteiger partial charge on any atom is 0.251 e. The highest BCUT2D eigenvalue weighted by Gasteiger charge is 2.08. The molecular formula is C20H20N2O2S. The molecule has 3 aromatic rings. The van der Waals surface area contributed by atoms with E-state index in [-0.39, 0.29) is 5.91 Å². The molecule has 0 atom stereocenters. The number of benzene rings is 2. The van der Waals surface area contributed by atoms with Gasteiger partial charge in [0.2, 0.25) is 0 Å². The number of hydrogen-bond donors (Lipinski definition) is 1. The predicted molar refractivity (Wildman–Crippen MR) is 101 cm³/mol. The maximum absolute atomic E-state index is 12.2. The topological polar surface area (TPSA) is 51.2 Å². The SMILES string of the molecule is CCCOc1ccc(C(=O)NCc2csc(-c3ccccc3)n2)cc1. The molecule has 25 heavy (non-hydrogen) atoms. The van der Waals surface area contributed by atoms with Crippen molar-refractivity contribution in [3.05, 3.63) is 71.2 Å². The number of ether oxygens (including phenoxy) is 1. The molecule has 1 heterocycles. The van der Waals surface area contributed by atoms with Gasteiger partial charge in [0.05, 0.1) is 18.8 Å². The molecule has 0 bridgehead atoms. The van der Waals surface area contributed by atoms with Crippen LogP contribution in [0, 0.1) is 0 Å². The Morgan fingerprint density at radius 1 is 1.12 bits per heavy atom. The van der Waals surface area contributed by atoms with Gasteiger partial charge in [-0.2, -0.15) is 0 Å². The van der Waals surface area contributed by atoms with Crippen LogP contribution in [0.1, 0.15) is 29.4 Å². The molecule has 0 aliphatic heterocycles. The molecule has 3 rings (SSSR count). The molecule has 1 amide bonds. The summed E-state index contributed by atoms with van der Waals surface area (Å²) < 4.78 is 5.52. The fourth-order valence-electron chi connectivity index (χ4n) is 2.30. The van der Waals surface area contributed by atoms with E-state index in [4.69, 9.17) is 4.74 Å². The molecule has 5 heteroatoms. The standard InChI is InChI=1S/C20H20N2O2S/c1-2-12-24-18-10-8-15(9-11-18)19(23)21-13-17-14-25-20(22-17)16-6-4-3-5-7-16/h3-11,14H,2,12-13H2,1H3,(H,21,23). The number of amides is 1. The lowest BCUT2D eigenvalue weighted by molar-refractivity contribution is 0.0950. The van der Waals surface area contributed by atoms with E-state index >= 15 is 0 Å². The van der Waals surface area contributed by atoms with Crippen LogP contribution in [0.25, 0.3) is 10.6 Å². The highest BCUT2D eigenvalue weighted by Crippen LogP contribution is 2.23. The van der Waals surface area contributed by atoms with Gasteiger partial charge in [-0.1, -0.05) is 37.3 Å². The monoisotopic (exact) mass is 352 g/mol. The first-order valence-electron chi connectivity index (χ1n) is 8.27. The van der Waals surface area contributed by atoms with Crippen molar-refractivity contribution in [1.29, 1.82) is 0 Å². The first-order chi connectivity index (χ1) is 12.3. The minimum atomic E-state index is -0.115. The summed E-state index contributed by atoms with van der Waals surface area (Å²) in [5.74, 6) is 0.668. The zero-order valence-electron chi connectivity index (χ0n) is 14.1. The average Bonchev–Trinajstić information content (AvgIpc) is 3.14. The average molecular weight is 352 g/mol. The molecule has 0 fully saturated rings. The Kier molecular flexibility index (Phi) is 5.80. The predicted octanol–water partition coefficient (Wildman–Crippen LogP) is 4.53. The summed E-state index contributed by atoms with van der Waals surface area (Å²) in [6.07, 6.45) is 0.959. The Morgan fingerprint density at radius 2 is 1.88 bits per heavy atom. The van der Waals surface area contributed by atoms with E-state index < -0.39 is 0 Å². The third kappa shape index (κ3) is 4.67. The van der Waals surface area contributed by atoms with Crippen molar-refractivity contribution in [2.45, 2.75) is 19.9 Å². The van der Waals surface area contributed by atoms with Crippen LogP contribution < -0.4 is 10.1 Å². The molecule has 2 aromatic carbocycles. The van der Waals surface area contributed by atoms with Crippen LogP contribution in [0.5, 0.6) is 5.75 Å². The highest BCUT2D eigenvalue weighted by atomic mass is 32.1. The summed E-state index contributed by atoms with van der Waals surface area (Å²) in [5.41, 5.74) is 2.57. The van der Waals surface area contributed by atoms with Gasteiger partial charge in [-0.25, -0.2) is 4.98 Å². The molecule has 0 spiro atoms. The van der Waals surface area contributed by atoms with E-state index in [0.29, 0.717) is 18.7 Å². The molecular weight excluding hydrogens is 332 g/mol. The van der Waals surface area contributed by atoms with Gasteiger partial charge in [-0.15, -0.1) is 11.3 Å². The molecule has 0 saturated carbocycles. The Morgan fingerprint density at radius 3 is 2.60 bits per heavy atom. The van der Waals surface area contributed by atoms with Gasteiger partial charge in [0.1, 0.15) is 10.8 Å². The van der Waals surface area contributed by atoms with Crippen LogP contribution in [0.2, 0.25) is 0 Å². The van der Waals surface area contributed by atoms with Gasteiger partial charge in [0, 0.05) is 16.5 Å². The number of thiazole rings is 1. The first kappa shape index (κ1) is 17.2. The quantitative estimate of drug-likeness (QED) is 0.680. The van der Waals surface area contributed by atoms with Crippen molar-refractivity contribution in [2.75, 3.05) is 6.61 Å². The summed E-state index contributed by atoms with van der Waals surface area (Å²) in [6, 6.07) is 17.2. The summed E-state index contributed by atoms with van der Waals surface area (Å²) >= 11 is 1.58. The molecule has 0 aliphatic carbocycles. The van der Waals surface area contributed by atoms with E-state index in [2.05, 4.69) is 17.2 Å². The summed E-state index contributed by atoms with van der Waals surface area (Å²) in [7, 11) is 0. The smallest absolute Gasteiger partial charge is 0.251 e. The maximum atomic E-state index is 12.2. The lowest BCUT2D eigenvalue weighted by Crippen LogP contribution is -2.22. The number of rotatable bonds is 7. The van der Waals surface area contributed by atoms with E-state index in [0.717, 1.165) is 28.4 Å². The number of hydrogen-bond acceptors (Lipinski definition) is 4. The molecule has 0 aliphatic rings. The van der Waals surface area contributed by atoms with Gasteiger partial charge < -0.3 is 10.1 Å². The summed E-state index contributed by atoms with van der Waals surface area (Å²) in [5, 5.41) is 5.84. The normalized spacial score (nSPS) is 10.4. The van der Waals surface area contributed by atoms with Crippen molar-refractivity contribution in [3.8, 4) is 16.3 Å². The van der Waals surface area contributed by atoms with Crippen molar-refractivity contribution in [1.82, 2.24) is 10.3 Å². The Hall–Kier alpha value is -2.66.